The number of aliphatic hydroxyl groups excluding tert-OH is 1. The summed E-state index contributed by atoms with van der Waals surface area (Å²) in [6.45, 7) is 4.44. The Hall–Kier alpha value is -1.42. The van der Waals surface area contributed by atoms with Crippen LogP contribution >= 0.6 is 0 Å². The minimum atomic E-state index is -0.299. The van der Waals surface area contributed by atoms with Gasteiger partial charge < -0.3 is 16.2 Å². The highest BCUT2D eigenvalue weighted by Gasteiger charge is 2.14. The van der Waals surface area contributed by atoms with Crippen LogP contribution in [0.3, 0.4) is 0 Å². The van der Waals surface area contributed by atoms with Gasteiger partial charge in [0.2, 0.25) is 0 Å². The normalized spacial score (nSPS) is 16.0. The number of hydrogen-bond acceptors (Lipinski definition) is 3. The van der Waals surface area contributed by atoms with E-state index in [-0.39, 0.29) is 18.2 Å². The first-order valence-corrected chi connectivity index (χ1v) is 7.23. The van der Waals surface area contributed by atoms with Crippen molar-refractivity contribution in [3.63, 3.8) is 0 Å². The van der Waals surface area contributed by atoms with Gasteiger partial charge in [0.25, 0.3) is 0 Å². The Morgan fingerprint density at radius 1 is 1.10 bits per heavy atom. The number of nitrogens with one attached hydrogen (secondary N) is 1. The van der Waals surface area contributed by atoms with Gasteiger partial charge in [-0.2, -0.15) is 0 Å². The minimum absolute atomic E-state index is 0.119. The van der Waals surface area contributed by atoms with Crippen molar-refractivity contribution in [2.45, 2.75) is 38.5 Å². The lowest BCUT2D eigenvalue weighted by molar-refractivity contribution is 0.168. The van der Waals surface area contributed by atoms with E-state index in [1.807, 2.05) is 19.1 Å². The topological polar surface area (TPSA) is 58.3 Å². The molecule has 108 valence electrons. The van der Waals surface area contributed by atoms with Crippen LogP contribution in [0, 0.1) is 0 Å². The van der Waals surface area contributed by atoms with Gasteiger partial charge in [0, 0.05) is 18.6 Å². The first-order valence-electron chi connectivity index (χ1n) is 7.23. The van der Waals surface area contributed by atoms with Crippen LogP contribution in [-0.4, -0.2) is 23.8 Å². The summed E-state index contributed by atoms with van der Waals surface area (Å²) < 4.78 is 0. The molecule has 2 aromatic carbocycles. The number of nitrogens with two attached hydrogens (primary N) is 1. The molecular formula is C17H24N2O. The summed E-state index contributed by atoms with van der Waals surface area (Å²) in [5.41, 5.74) is 7.10. The molecule has 0 aliphatic heterocycles. The maximum atomic E-state index is 9.45. The van der Waals surface area contributed by atoms with Gasteiger partial charge in [0.05, 0.1) is 6.10 Å². The molecular weight excluding hydrogens is 248 g/mol. The van der Waals surface area contributed by atoms with E-state index in [1.165, 1.54) is 16.3 Å². The number of aliphatic hydroxyl groups is 1. The van der Waals surface area contributed by atoms with Gasteiger partial charge in [0.1, 0.15) is 0 Å². The standard InChI is InChI=1S/C17H24N2O/c1-12(9-13(2)20)19-17(11-18)16-8-7-14-5-3-4-6-15(14)10-16/h3-8,10,12-13,17,19-20H,9,11,18H2,1-2H3. The Kier molecular flexibility index (Phi) is 5.12. The largest absolute Gasteiger partial charge is 0.393 e. The second-order valence-corrected chi connectivity index (χ2v) is 5.55. The Balaban J connectivity index is 2.16. The van der Waals surface area contributed by atoms with E-state index in [0.717, 1.165) is 6.42 Å². The molecule has 0 fully saturated rings. The van der Waals surface area contributed by atoms with Crippen LogP contribution in [0.2, 0.25) is 0 Å². The molecule has 0 aliphatic carbocycles. The summed E-state index contributed by atoms with van der Waals surface area (Å²) in [6.07, 6.45) is 0.428. The SMILES string of the molecule is CC(O)CC(C)NC(CN)c1ccc2ccccc2c1. The lowest BCUT2D eigenvalue weighted by Gasteiger charge is -2.23. The molecule has 3 unspecified atom stereocenters. The number of hydrogen-bond donors (Lipinski definition) is 3. The number of rotatable bonds is 6. The molecule has 0 saturated carbocycles. The Morgan fingerprint density at radius 2 is 1.80 bits per heavy atom. The highest BCUT2D eigenvalue weighted by molar-refractivity contribution is 5.83. The van der Waals surface area contributed by atoms with Gasteiger partial charge >= 0.3 is 0 Å². The van der Waals surface area contributed by atoms with Crippen molar-refractivity contribution in [2.24, 2.45) is 5.73 Å². The molecule has 0 aliphatic rings. The zero-order chi connectivity index (χ0) is 14.5. The third kappa shape index (κ3) is 3.79. The van der Waals surface area contributed by atoms with Crippen LogP contribution in [0.1, 0.15) is 31.9 Å². The van der Waals surface area contributed by atoms with Gasteiger partial charge in [-0.05, 0) is 42.7 Å². The third-order valence-electron chi connectivity index (χ3n) is 3.59. The number of benzene rings is 2. The molecule has 0 radical (unpaired) electrons. The lowest BCUT2D eigenvalue weighted by Crippen LogP contribution is -2.36. The van der Waals surface area contributed by atoms with Crippen LogP contribution in [0.15, 0.2) is 42.5 Å². The predicted molar refractivity (Wildman–Crippen MR) is 84.6 cm³/mol. The van der Waals surface area contributed by atoms with Crippen LogP contribution in [0.5, 0.6) is 0 Å². The van der Waals surface area contributed by atoms with E-state index in [9.17, 15) is 5.11 Å². The van der Waals surface area contributed by atoms with Crippen molar-refractivity contribution in [3.05, 3.63) is 48.0 Å². The average Bonchev–Trinajstić information content (AvgIpc) is 2.43. The molecule has 3 nitrogen and oxygen atoms in total. The average molecular weight is 272 g/mol. The molecule has 0 spiro atoms. The van der Waals surface area contributed by atoms with E-state index in [2.05, 4.69) is 42.6 Å². The summed E-state index contributed by atoms with van der Waals surface area (Å²) in [4.78, 5) is 0. The van der Waals surface area contributed by atoms with Gasteiger partial charge in [0.15, 0.2) is 0 Å². The fraction of sp³-hybridized carbons (Fsp3) is 0.412. The molecule has 2 rings (SSSR count). The van der Waals surface area contributed by atoms with Gasteiger partial charge in [-0.15, -0.1) is 0 Å². The monoisotopic (exact) mass is 272 g/mol. The van der Waals surface area contributed by atoms with Gasteiger partial charge in [-0.25, -0.2) is 0 Å². The van der Waals surface area contributed by atoms with Crippen molar-refractivity contribution in [1.82, 2.24) is 5.32 Å². The molecule has 0 saturated heterocycles. The van der Waals surface area contributed by atoms with E-state index < -0.39 is 0 Å². The second kappa shape index (κ2) is 6.84. The first kappa shape index (κ1) is 15.0. The van der Waals surface area contributed by atoms with E-state index in [1.54, 1.807) is 0 Å². The maximum Gasteiger partial charge on any atom is 0.0526 e. The highest BCUT2D eigenvalue weighted by atomic mass is 16.3. The first-order chi connectivity index (χ1) is 9.60. The molecule has 3 atom stereocenters. The van der Waals surface area contributed by atoms with E-state index in [0.29, 0.717) is 6.54 Å². The summed E-state index contributed by atoms with van der Waals surface area (Å²) in [5, 5.41) is 15.4. The van der Waals surface area contributed by atoms with Gasteiger partial charge in [-0.3, -0.25) is 0 Å². The highest BCUT2D eigenvalue weighted by Crippen LogP contribution is 2.20. The third-order valence-corrected chi connectivity index (χ3v) is 3.59. The Morgan fingerprint density at radius 3 is 2.45 bits per heavy atom. The summed E-state index contributed by atoms with van der Waals surface area (Å²) in [6, 6.07) is 15.1. The van der Waals surface area contributed by atoms with Crippen molar-refractivity contribution < 1.29 is 5.11 Å². The molecule has 4 N–H and O–H groups in total. The fourth-order valence-electron chi connectivity index (χ4n) is 2.65. The maximum absolute atomic E-state index is 9.45. The zero-order valence-corrected chi connectivity index (χ0v) is 12.2. The van der Waals surface area contributed by atoms with Crippen molar-refractivity contribution in [2.75, 3.05) is 6.54 Å². The van der Waals surface area contributed by atoms with Crippen LogP contribution in [-0.2, 0) is 0 Å². The number of fused-ring (bicyclic) bond motifs is 1. The zero-order valence-electron chi connectivity index (χ0n) is 12.2. The molecule has 3 heteroatoms. The quantitative estimate of drug-likeness (QED) is 0.757. The van der Waals surface area contributed by atoms with E-state index in [4.69, 9.17) is 5.73 Å². The van der Waals surface area contributed by atoms with Crippen LogP contribution in [0.4, 0.5) is 0 Å². The molecule has 0 bridgehead atoms. The summed E-state index contributed by atoms with van der Waals surface area (Å²) >= 11 is 0. The van der Waals surface area contributed by atoms with Crippen LogP contribution < -0.4 is 11.1 Å². The molecule has 2 aromatic rings. The van der Waals surface area contributed by atoms with Gasteiger partial charge in [-0.1, -0.05) is 36.4 Å². The van der Waals surface area contributed by atoms with Crippen molar-refractivity contribution in [1.29, 1.82) is 0 Å². The Labute approximate surface area is 120 Å². The minimum Gasteiger partial charge on any atom is -0.393 e. The van der Waals surface area contributed by atoms with E-state index >= 15 is 0 Å². The lowest BCUT2D eigenvalue weighted by atomic mass is 10.0. The van der Waals surface area contributed by atoms with Crippen molar-refractivity contribution in [3.8, 4) is 0 Å². The predicted octanol–water partition coefficient (Wildman–Crippen LogP) is 2.59. The summed E-state index contributed by atoms with van der Waals surface area (Å²) in [7, 11) is 0. The molecule has 0 heterocycles. The van der Waals surface area contributed by atoms with Crippen molar-refractivity contribution >= 4 is 10.8 Å². The fourth-order valence-corrected chi connectivity index (χ4v) is 2.65. The smallest absolute Gasteiger partial charge is 0.0526 e. The summed E-state index contributed by atoms with van der Waals surface area (Å²) in [5.74, 6) is 0. The second-order valence-electron chi connectivity index (χ2n) is 5.55. The molecule has 0 aromatic heterocycles. The Bertz CT molecular complexity index is 553. The van der Waals surface area contributed by atoms with Crippen LogP contribution in [0.25, 0.3) is 10.8 Å². The molecule has 20 heavy (non-hydrogen) atoms. The molecule has 0 amide bonds.